The number of anilines is 1. The molecular weight excluding hydrogens is 248 g/mol. The van der Waals surface area contributed by atoms with Crippen molar-refractivity contribution in [1.82, 2.24) is 14.4 Å². The molecule has 0 saturated carbocycles. The number of aromatic nitrogens is 3. The lowest BCUT2D eigenvalue weighted by Crippen LogP contribution is -1.94. The highest BCUT2D eigenvalue weighted by Gasteiger charge is 2.13. The molecule has 20 heavy (non-hydrogen) atoms. The van der Waals surface area contributed by atoms with E-state index >= 15 is 0 Å². The highest BCUT2D eigenvalue weighted by molar-refractivity contribution is 5.96. The third-order valence-electron chi connectivity index (χ3n) is 3.47. The minimum absolute atomic E-state index is 0.650. The molecule has 4 aromatic rings. The summed E-state index contributed by atoms with van der Waals surface area (Å²) in [4.78, 5) is 9.02. The van der Waals surface area contributed by atoms with E-state index in [-0.39, 0.29) is 0 Å². The van der Waals surface area contributed by atoms with Crippen molar-refractivity contribution < 1.29 is 0 Å². The Bertz CT molecular complexity index is 919. The number of hydrogen-bond donors (Lipinski definition) is 1. The Hall–Kier alpha value is -2.88. The van der Waals surface area contributed by atoms with Crippen molar-refractivity contribution in [1.29, 1.82) is 0 Å². The monoisotopic (exact) mass is 260 g/mol. The van der Waals surface area contributed by atoms with Crippen molar-refractivity contribution in [3.63, 3.8) is 0 Å². The molecule has 0 aliphatic heterocycles. The number of pyridine rings is 2. The number of nitrogen functional groups attached to an aromatic ring is 1. The molecule has 0 aliphatic rings. The molecular formula is C16H12N4. The first kappa shape index (κ1) is 11.0. The van der Waals surface area contributed by atoms with Gasteiger partial charge in [0.25, 0.3) is 0 Å². The molecule has 0 atom stereocenters. The van der Waals surface area contributed by atoms with Gasteiger partial charge in [-0.2, -0.15) is 0 Å². The summed E-state index contributed by atoms with van der Waals surface area (Å²) in [5, 5.41) is 1.06. The first-order valence-corrected chi connectivity index (χ1v) is 6.41. The van der Waals surface area contributed by atoms with Crippen LogP contribution in [0.15, 0.2) is 60.9 Å². The van der Waals surface area contributed by atoms with E-state index in [1.807, 2.05) is 59.1 Å². The van der Waals surface area contributed by atoms with E-state index in [1.165, 1.54) is 0 Å². The van der Waals surface area contributed by atoms with E-state index < -0.39 is 0 Å². The summed E-state index contributed by atoms with van der Waals surface area (Å²) in [6.07, 6.45) is 3.71. The van der Waals surface area contributed by atoms with Crippen LogP contribution in [0.5, 0.6) is 0 Å². The third-order valence-corrected chi connectivity index (χ3v) is 3.47. The molecule has 96 valence electrons. The van der Waals surface area contributed by atoms with Gasteiger partial charge >= 0.3 is 0 Å². The predicted molar refractivity (Wildman–Crippen MR) is 80.3 cm³/mol. The molecule has 0 radical (unpaired) electrons. The van der Waals surface area contributed by atoms with E-state index in [1.54, 1.807) is 6.20 Å². The zero-order chi connectivity index (χ0) is 13.5. The van der Waals surface area contributed by atoms with Crippen molar-refractivity contribution in [2.24, 2.45) is 0 Å². The maximum atomic E-state index is 6.24. The Morgan fingerprint density at radius 2 is 1.80 bits per heavy atom. The van der Waals surface area contributed by atoms with Crippen LogP contribution in [-0.2, 0) is 0 Å². The number of nitrogens with zero attached hydrogens (tertiary/aromatic N) is 3. The van der Waals surface area contributed by atoms with Gasteiger partial charge in [0.1, 0.15) is 17.2 Å². The van der Waals surface area contributed by atoms with Gasteiger partial charge in [-0.1, -0.05) is 24.3 Å². The van der Waals surface area contributed by atoms with Gasteiger partial charge in [0.2, 0.25) is 0 Å². The lowest BCUT2D eigenvalue weighted by atomic mass is 10.1. The molecule has 0 aliphatic carbocycles. The molecule has 4 rings (SSSR count). The Labute approximate surface area is 115 Å². The quantitative estimate of drug-likeness (QED) is 0.572. The molecule has 0 unspecified atom stereocenters. The summed E-state index contributed by atoms with van der Waals surface area (Å²) in [6, 6.07) is 15.8. The number of imidazole rings is 1. The standard InChI is InChI=1S/C16H12N4/c17-16-15(19-14-7-3-4-10-20(14)16)12-8-9-18-13-6-2-1-5-11(12)13/h1-10H,17H2. The van der Waals surface area contributed by atoms with Gasteiger partial charge in [0, 0.05) is 23.3 Å². The Balaban J connectivity index is 2.09. The second-order valence-corrected chi connectivity index (χ2v) is 4.65. The molecule has 0 saturated heterocycles. The van der Waals surface area contributed by atoms with Crippen molar-refractivity contribution in [2.45, 2.75) is 0 Å². The molecule has 0 spiro atoms. The summed E-state index contributed by atoms with van der Waals surface area (Å²) in [6.45, 7) is 0. The van der Waals surface area contributed by atoms with E-state index in [9.17, 15) is 0 Å². The fourth-order valence-corrected chi connectivity index (χ4v) is 2.52. The molecule has 3 heterocycles. The van der Waals surface area contributed by atoms with Crippen LogP contribution in [0.25, 0.3) is 27.8 Å². The van der Waals surface area contributed by atoms with Crippen LogP contribution in [0.2, 0.25) is 0 Å². The SMILES string of the molecule is Nc1c(-c2ccnc3ccccc23)nc2ccccn12. The van der Waals surface area contributed by atoms with Gasteiger partial charge in [-0.3, -0.25) is 9.38 Å². The van der Waals surface area contributed by atoms with Crippen molar-refractivity contribution in [3.8, 4) is 11.3 Å². The summed E-state index contributed by atoms with van der Waals surface area (Å²) in [5.74, 6) is 0.650. The number of hydrogen-bond acceptors (Lipinski definition) is 3. The zero-order valence-corrected chi connectivity index (χ0v) is 10.7. The summed E-state index contributed by atoms with van der Waals surface area (Å²) < 4.78 is 1.89. The Morgan fingerprint density at radius 1 is 0.950 bits per heavy atom. The molecule has 0 bridgehead atoms. The van der Waals surface area contributed by atoms with Gasteiger partial charge in [0.15, 0.2) is 0 Å². The number of benzene rings is 1. The fourth-order valence-electron chi connectivity index (χ4n) is 2.52. The van der Waals surface area contributed by atoms with Gasteiger partial charge in [-0.15, -0.1) is 0 Å². The van der Waals surface area contributed by atoms with E-state index in [2.05, 4.69) is 9.97 Å². The lowest BCUT2D eigenvalue weighted by Gasteiger charge is -2.04. The second kappa shape index (κ2) is 4.06. The maximum Gasteiger partial charge on any atom is 0.139 e. The molecule has 2 N–H and O–H groups in total. The lowest BCUT2D eigenvalue weighted by molar-refractivity contribution is 1.20. The minimum Gasteiger partial charge on any atom is -0.383 e. The van der Waals surface area contributed by atoms with Gasteiger partial charge < -0.3 is 5.73 Å². The Morgan fingerprint density at radius 3 is 2.70 bits per heavy atom. The highest BCUT2D eigenvalue weighted by Crippen LogP contribution is 2.31. The summed E-state index contributed by atoms with van der Waals surface area (Å²) in [7, 11) is 0. The molecule has 3 aromatic heterocycles. The van der Waals surface area contributed by atoms with Gasteiger partial charge in [-0.25, -0.2) is 4.98 Å². The molecule has 0 amide bonds. The van der Waals surface area contributed by atoms with Crippen LogP contribution in [0.3, 0.4) is 0 Å². The van der Waals surface area contributed by atoms with Gasteiger partial charge in [0.05, 0.1) is 5.52 Å². The van der Waals surface area contributed by atoms with Gasteiger partial charge in [-0.05, 0) is 24.3 Å². The topological polar surface area (TPSA) is 56.2 Å². The van der Waals surface area contributed by atoms with Crippen LogP contribution in [0.4, 0.5) is 5.82 Å². The molecule has 1 aromatic carbocycles. The van der Waals surface area contributed by atoms with E-state index in [0.29, 0.717) is 5.82 Å². The first-order valence-electron chi connectivity index (χ1n) is 6.41. The maximum absolute atomic E-state index is 6.24. The number of nitrogens with two attached hydrogens (primary N) is 1. The van der Waals surface area contributed by atoms with E-state index in [0.717, 1.165) is 27.8 Å². The van der Waals surface area contributed by atoms with Crippen molar-refractivity contribution >= 4 is 22.4 Å². The van der Waals surface area contributed by atoms with Crippen molar-refractivity contribution in [3.05, 3.63) is 60.9 Å². The highest BCUT2D eigenvalue weighted by atomic mass is 15.1. The zero-order valence-electron chi connectivity index (χ0n) is 10.7. The van der Waals surface area contributed by atoms with Crippen LogP contribution in [0.1, 0.15) is 0 Å². The fraction of sp³-hybridized carbons (Fsp3) is 0. The van der Waals surface area contributed by atoms with Crippen LogP contribution >= 0.6 is 0 Å². The minimum atomic E-state index is 0.650. The third kappa shape index (κ3) is 1.48. The largest absolute Gasteiger partial charge is 0.383 e. The molecule has 4 nitrogen and oxygen atoms in total. The smallest absolute Gasteiger partial charge is 0.139 e. The average Bonchev–Trinajstić information content (AvgIpc) is 2.84. The second-order valence-electron chi connectivity index (χ2n) is 4.65. The number of rotatable bonds is 1. The van der Waals surface area contributed by atoms with Crippen LogP contribution in [0, 0.1) is 0 Å². The number of fused-ring (bicyclic) bond motifs is 2. The average molecular weight is 260 g/mol. The Kier molecular flexibility index (Phi) is 2.23. The molecule has 4 heteroatoms. The predicted octanol–water partition coefficient (Wildman–Crippen LogP) is 3.13. The summed E-state index contributed by atoms with van der Waals surface area (Å²) >= 11 is 0. The normalized spacial score (nSPS) is 11.2. The first-order chi connectivity index (χ1) is 9.84. The summed E-state index contributed by atoms with van der Waals surface area (Å²) in [5.41, 5.74) is 9.85. The molecule has 0 fully saturated rings. The van der Waals surface area contributed by atoms with E-state index in [4.69, 9.17) is 5.73 Å². The van der Waals surface area contributed by atoms with Crippen molar-refractivity contribution in [2.75, 3.05) is 5.73 Å². The van der Waals surface area contributed by atoms with Crippen LogP contribution < -0.4 is 5.73 Å². The number of para-hydroxylation sites is 1. The van der Waals surface area contributed by atoms with Crippen LogP contribution in [-0.4, -0.2) is 14.4 Å².